The fourth-order valence-electron chi connectivity index (χ4n) is 0.511. The van der Waals surface area contributed by atoms with E-state index in [0.29, 0.717) is 13.2 Å². The van der Waals surface area contributed by atoms with Crippen LogP contribution in [0.2, 0.25) is 0 Å². The van der Waals surface area contributed by atoms with Crippen molar-refractivity contribution in [3.63, 3.8) is 0 Å². The van der Waals surface area contributed by atoms with E-state index < -0.39 is 0 Å². The van der Waals surface area contributed by atoms with E-state index in [1.807, 2.05) is 5.01 Å². The highest BCUT2D eigenvalue weighted by Crippen LogP contribution is 1.89. The third-order valence-electron chi connectivity index (χ3n) is 0.890. The Hall–Kier alpha value is -0.680. The first kappa shape index (κ1) is 5.46. The molecular formula is C3H9N5. The molecule has 5 nitrogen and oxygen atoms in total. The molecule has 0 saturated heterocycles. The molecule has 0 fully saturated rings. The van der Waals surface area contributed by atoms with Gasteiger partial charge in [0.05, 0.1) is 0 Å². The second-order valence-corrected chi connectivity index (χ2v) is 1.53. The van der Waals surface area contributed by atoms with Crippen LogP contribution in [-0.4, -0.2) is 24.8 Å². The van der Waals surface area contributed by atoms with Crippen LogP contribution in [0.3, 0.4) is 0 Å². The fourth-order valence-corrected chi connectivity index (χ4v) is 0.511. The van der Waals surface area contributed by atoms with Gasteiger partial charge in [0.15, 0.2) is 0 Å². The summed E-state index contributed by atoms with van der Waals surface area (Å²) in [6, 6.07) is 0. The highest BCUT2D eigenvalue weighted by molar-refractivity contribution is 4.50. The minimum absolute atomic E-state index is 0.622. The van der Waals surface area contributed by atoms with E-state index in [2.05, 4.69) is 15.9 Å². The Balaban J connectivity index is 2.10. The molecular weight excluding hydrogens is 106 g/mol. The number of hydrogen-bond donors (Lipinski definition) is 2. The van der Waals surface area contributed by atoms with E-state index in [4.69, 9.17) is 5.73 Å². The van der Waals surface area contributed by atoms with Gasteiger partial charge in [0.1, 0.15) is 6.67 Å². The predicted molar refractivity (Wildman–Crippen MR) is 28.6 cm³/mol. The van der Waals surface area contributed by atoms with Crippen molar-refractivity contribution >= 4 is 0 Å². The van der Waals surface area contributed by atoms with Crippen LogP contribution in [0.15, 0.2) is 10.3 Å². The highest BCUT2D eigenvalue weighted by Gasteiger charge is 2.03. The van der Waals surface area contributed by atoms with Gasteiger partial charge in [0.25, 0.3) is 0 Å². The quantitative estimate of drug-likeness (QED) is 0.489. The minimum atomic E-state index is 0.622. The van der Waals surface area contributed by atoms with Gasteiger partial charge in [-0.25, -0.2) is 5.53 Å². The molecule has 1 heterocycles. The summed E-state index contributed by atoms with van der Waals surface area (Å²) in [5.41, 5.74) is 7.91. The molecule has 0 aromatic carbocycles. The summed E-state index contributed by atoms with van der Waals surface area (Å²) in [6.07, 6.45) is 0. The Morgan fingerprint density at radius 1 is 1.75 bits per heavy atom. The van der Waals surface area contributed by atoms with Crippen molar-refractivity contribution in [1.82, 2.24) is 10.5 Å². The van der Waals surface area contributed by atoms with Gasteiger partial charge in [-0.3, -0.25) is 0 Å². The molecule has 0 bridgehead atoms. The molecule has 0 radical (unpaired) electrons. The second kappa shape index (κ2) is 2.58. The lowest BCUT2D eigenvalue weighted by Gasteiger charge is -2.08. The highest BCUT2D eigenvalue weighted by atomic mass is 15.8. The third kappa shape index (κ3) is 1.14. The number of rotatable bonds is 2. The van der Waals surface area contributed by atoms with Crippen molar-refractivity contribution in [1.29, 1.82) is 0 Å². The summed E-state index contributed by atoms with van der Waals surface area (Å²) in [5, 5.41) is 9.03. The van der Waals surface area contributed by atoms with Crippen LogP contribution in [0.25, 0.3) is 0 Å². The Morgan fingerprint density at radius 3 is 3.12 bits per heavy atom. The van der Waals surface area contributed by atoms with Crippen LogP contribution in [-0.2, 0) is 0 Å². The monoisotopic (exact) mass is 115 g/mol. The van der Waals surface area contributed by atoms with Gasteiger partial charge in [-0.1, -0.05) is 5.22 Å². The van der Waals surface area contributed by atoms with Gasteiger partial charge in [-0.2, -0.15) is 10.1 Å². The number of hydrogen-bond acceptors (Lipinski definition) is 5. The Kier molecular flexibility index (Phi) is 1.76. The van der Waals surface area contributed by atoms with E-state index >= 15 is 0 Å². The van der Waals surface area contributed by atoms with Crippen LogP contribution >= 0.6 is 0 Å². The molecule has 8 heavy (non-hydrogen) atoms. The van der Waals surface area contributed by atoms with Crippen LogP contribution in [0.5, 0.6) is 0 Å². The maximum absolute atomic E-state index is 5.24. The number of hydrazine groups is 1. The third-order valence-corrected chi connectivity index (χ3v) is 0.890. The Labute approximate surface area is 47.5 Å². The zero-order valence-corrected chi connectivity index (χ0v) is 4.54. The van der Waals surface area contributed by atoms with E-state index in [1.165, 1.54) is 0 Å². The van der Waals surface area contributed by atoms with Crippen LogP contribution in [0.4, 0.5) is 0 Å². The van der Waals surface area contributed by atoms with E-state index in [-0.39, 0.29) is 0 Å². The second-order valence-electron chi connectivity index (χ2n) is 1.53. The smallest absolute Gasteiger partial charge is 0.133 e. The molecule has 0 atom stereocenters. The van der Waals surface area contributed by atoms with Crippen molar-refractivity contribution in [2.75, 3.05) is 19.8 Å². The molecule has 5 heteroatoms. The molecule has 1 rings (SSSR count). The summed E-state index contributed by atoms with van der Waals surface area (Å²) in [7, 11) is 0. The maximum atomic E-state index is 5.24. The SMILES string of the molecule is NCCN1CN=NN1. The lowest BCUT2D eigenvalue weighted by Crippen LogP contribution is -2.34. The molecule has 0 unspecified atom stereocenters. The molecule has 0 saturated carbocycles. The first-order valence-corrected chi connectivity index (χ1v) is 2.50. The molecule has 0 aromatic rings. The van der Waals surface area contributed by atoms with Crippen LogP contribution in [0, 0.1) is 0 Å². The van der Waals surface area contributed by atoms with Gasteiger partial charge in [-0.05, 0) is 0 Å². The Morgan fingerprint density at radius 2 is 2.62 bits per heavy atom. The Bertz CT molecular complexity index is 81.7. The first-order chi connectivity index (χ1) is 3.93. The molecule has 0 spiro atoms. The molecule has 1 aliphatic heterocycles. The van der Waals surface area contributed by atoms with Crippen molar-refractivity contribution in [3.05, 3.63) is 0 Å². The number of nitrogens with zero attached hydrogens (tertiary/aromatic N) is 3. The number of nitrogens with two attached hydrogens (primary N) is 1. The summed E-state index contributed by atoms with van der Waals surface area (Å²) in [5.74, 6) is 0. The van der Waals surface area contributed by atoms with E-state index in [1.54, 1.807) is 0 Å². The topological polar surface area (TPSA) is 66.0 Å². The molecule has 0 aromatic heterocycles. The molecule has 0 amide bonds. The average Bonchev–Trinajstić information content (AvgIpc) is 2.19. The lowest BCUT2D eigenvalue weighted by atomic mass is 10.6. The van der Waals surface area contributed by atoms with Gasteiger partial charge in [0, 0.05) is 13.1 Å². The van der Waals surface area contributed by atoms with Gasteiger partial charge in [0.2, 0.25) is 0 Å². The predicted octanol–water partition coefficient (Wildman–Crippen LogP) is -0.910. The molecule has 46 valence electrons. The summed E-state index contributed by atoms with van der Waals surface area (Å²) in [4.78, 5) is 0. The van der Waals surface area contributed by atoms with Gasteiger partial charge in [-0.15, -0.1) is 0 Å². The molecule has 1 aliphatic rings. The van der Waals surface area contributed by atoms with Crippen molar-refractivity contribution in [3.8, 4) is 0 Å². The maximum Gasteiger partial charge on any atom is 0.133 e. The zero-order chi connectivity index (χ0) is 5.82. The van der Waals surface area contributed by atoms with Crippen molar-refractivity contribution in [2.45, 2.75) is 0 Å². The first-order valence-electron chi connectivity index (χ1n) is 2.50. The summed E-state index contributed by atoms with van der Waals surface area (Å²) in [6.45, 7) is 2.06. The largest absolute Gasteiger partial charge is 0.329 e. The average molecular weight is 115 g/mol. The van der Waals surface area contributed by atoms with Gasteiger partial charge >= 0.3 is 0 Å². The molecule has 3 N–H and O–H groups in total. The van der Waals surface area contributed by atoms with E-state index in [9.17, 15) is 0 Å². The van der Waals surface area contributed by atoms with E-state index in [0.717, 1.165) is 6.54 Å². The lowest BCUT2D eigenvalue weighted by molar-refractivity contribution is 0.244. The van der Waals surface area contributed by atoms with Crippen molar-refractivity contribution < 1.29 is 0 Å². The summed E-state index contributed by atoms with van der Waals surface area (Å²) >= 11 is 0. The number of nitrogens with one attached hydrogen (secondary N) is 1. The van der Waals surface area contributed by atoms with Gasteiger partial charge < -0.3 is 5.73 Å². The van der Waals surface area contributed by atoms with Crippen LogP contribution < -0.4 is 11.3 Å². The minimum Gasteiger partial charge on any atom is -0.329 e. The standard InChI is InChI=1S/C3H9N5/c4-1-2-8-3-5-6-7-8/h1-4H2,(H,5,7). The normalized spacial score (nSPS) is 19.1. The zero-order valence-electron chi connectivity index (χ0n) is 4.54. The molecule has 0 aliphatic carbocycles. The van der Waals surface area contributed by atoms with Crippen molar-refractivity contribution in [2.24, 2.45) is 16.1 Å². The fraction of sp³-hybridized carbons (Fsp3) is 1.00. The summed E-state index contributed by atoms with van der Waals surface area (Å²) < 4.78 is 0. The van der Waals surface area contributed by atoms with Crippen LogP contribution in [0.1, 0.15) is 0 Å².